The molecule has 1 heterocycles. The van der Waals surface area contributed by atoms with Gasteiger partial charge in [-0.1, -0.05) is 43.8 Å². The van der Waals surface area contributed by atoms with Crippen molar-refractivity contribution in [3.05, 3.63) is 58.9 Å². The molecule has 0 fully saturated rings. The number of urea groups is 1. The molecule has 0 saturated heterocycles. The molecule has 1 atom stereocenters. The first-order valence-electron chi connectivity index (χ1n) is 9.25. The number of rotatable bonds is 6. The maximum atomic E-state index is 13.3. The van der Waals surface area contributed by atoms with E-state index in [-0.39, 0.29) is 11.5 Å². The second-order valence-corrected chi connectivity index (χ2v) is 8.00. The van der Waals surface area contributed by atoms with E-state index in [1.165, 1.54) is 4.57 Å². The number of benzene rings is 2. The van der Waals surface area contributed by atoms with E-state index >= 15 is 0 Å². The number of para-hydroxylation sites is 1. The number of methoxy groups -OCH3 is 1. The van der Waals surface area contributed by atoms with Crippen molar-refractivity contribution in [3.8, 4) is 11.4 Å². The largest absolute Gasteiger partial charge is 0.497 e. The predicted octanol–water partition coefficient (Wildman–Crippen LogP) is 2.71. The van der Waals surface area contributed by atoms with Crippen LogP contribution >= 0.6 is 11.8 Å². The van der Waals surface area contributed by atoms with Gasteiger partial charge in [-0.3, -0.25) is 19.5 Å². The van der Waals surface area contributed by atoms with Crippen LogP contribution in [0.4, 0.5) is 4.79 Å². The summed E-state index contributed by atoms with van der Waals surface area (Å²) in [5.41, 5.74) is 5.91. The van der Waals surface area contributed by atoms with Crippen LogP contribution in [0.2, 0.25) is 0 Å². The van der Waals surface area contributed by atoms with E-state index in [2.05, 4.69) is 10.3 Å². The average Bonchev–Trinajstić information content (AvgIpc) is 2.71. The summed E-state index contributed by atoms with van der Waals surface area (Å²) in [4.78, 5) is 41.7. The predicted molar refractivity (Wildman–Crippen MR) is 116 cm³/mol. The number of carbonyl (C=O) groups excluding carboxylic acids is 2. The number of hydrogen-bond acceptors (Lipinski definition) is 6. The second kappa shape index (κ2) is 9.00. The van der Waals surface area contributed by atoms with E-state index in [1.807, 2.05) is 13.8 Å². The molecule has 0 saturated carbocycles. The fraction of sp³-hybridized carbons (Fsp3) is 0.238. The number of nitrogens with zero attached hydrogens (tertiary/aromatic N) is 2. The number of amides is 3. The smallest absolute Gasteiger partial charge is 0.318 e. The molecule has 0 radical (unpaired) electrons. The number of imide groups is 1. The van der Waals surface area contributed by atoms with E-state index in [0.29, 0.717) is 27.5 Å². The summed E-state index contributed by atoms with van der Waals surface area (Å²) in [5, 5.41) is 2.20. The number of hydrogen-bond donors (Lipinski definition) is 2. The Bertz CT molecular complexity index is 1160. The SMILES string of the molecule is COc1cccc(-n2c(SC(C(=O)NC(N)=O)C(C)C)nc3ccccc3c2=O)c1. The normalized spacial score (nSPS) is 12.0. The number of fused-ring (bicyclic) bond motifs is 1. The highest BCUT2D eigenvalue weighted by Crippen LogP contribution is 2.30. The minimum Gasteiger partial charge on any atom is -0.497 e. The summed E-state index contributed by atoms with van der Waals surface area (Å²) in [6.07, 6.45) is 0. The Morgan fingerprint density at radius 2 is 1.90 bits per heavy atom. The Kier molecular flexibility index (Phi) is 6.41. The zero-order chi connectivity index (χ0) is 21.8. The van der Waals surface area contributed by atoms with Crippen LogP contribution in [0.1, 0.15) is 13.8 Å². The van der Waals surface area contributed by atoms with Gasteiger partial charge < -0.3 is 10.5 Å². The number of ether oxygens (including phenoxy) is 1. The number of primary amides is 1. The molecule has 0 aliphatic rings. The lowest BCUT2D eigenvalue weighted by molar-refractivity contribution is -0.120. The topological polar surface area (TPSA) is 116 Å². The molecule has 30 heavy (non-hydrogen) atoms. The number of thioether (sulfide) groups is 1. The lowest BCUT2D eigenvalue weighted by atomic mass is 10.1. The van der Waals surface area contributed by atoms with E-state index in [9.17, 15) is 14.4 Å². The first kappa shape index (κ1) is 21.4. The summed E-state index contributed by atoms with van der Waals surface area (Å²) in [6.45, 7) is 3.68. The molecule has 3 aromatic rings. The Morgan fingerprint density at radius 1 is 1.17 bits per heavy atom. The second-order valence-electron chi connectivity index (χ2n) is 6.89. The third kappa shape index (κ3) is 4.46. The van der Waals surface area contributed by atoms with Crippen molar-refractivity contribution in [2.45, 2.75) is 24.3 Å². The van der Waals surface area contributed by atoms with Crippen LogP contribution in [0.5, 0.6) is 5.75 Å². The van der Waals surface area contributed by atoms with Crippen molar-refractivity contribution in [1.29, 1.82) is 0 Å². The quantitative estimate of drug-likeness (QED) is 0.462. The number of aromatic nitrogens is 2. The highest BCUT2D eigenvalue weighted by atomic mass is 32.2. The van der Waals surface area contributed by atoms with Crippen LogP contribution in [-0.4, -0.2) is 33.8 Å². The third-order valence-corrected chi connectivity index (χ3v) is 5.90. The molecule has 8 nitrogen and oxygen atoms in total. The van der Waals surface area contributed by atoms with Crippen LogP contribution in [-0.2, 0) is 4.79 Å². The minimum absolute atomic E-state index is 0.156. The Hall–Kier alpha value is -3.33. The Labute approximate surface area is 177 Å². The fourth-order valence-electron chi connectivity index (χ4n) is 2.97. The molecule has 0 aliphatic carbocycles. The van der Waals surface area contributed by atoms with Crippen LogP contribution in [0.15, 0.2) is 58.5 Å². The van der Waals surface area contributed by atoms with E-state index < -0.39 is 17.2 Å². The molecule has 3 amide bonds. The fourth-order valence-corrected chi connectivity index (χ4v) is 4.08. The lowest BCUT2D eigenvalue weighted by Crippen LogP contribution is -2.42. The molecular weight excluding hydrogens is 404 g/mol. The summed E-state index contributed by atoms with van der Waals surface area (Å²) in [5.74, 6) is -0.117. The maximum Gasteiger partial charge on any atom is 0.318 e. The van der Waals surface area contributed by atoms with Gasteiger partial charge >= 0.3 is 6.03 Å². The number of nitrogens with one attached hydrogen (secondary N) is 1. The van der Waals surface area contributed by atoms with Crippen molar-refractivity contribution in [3.63, 3.8) is 0 Å². The van der Waals surface area contributed by atoms with Crippen molar-refractivity contribution in [2.24, 2.45) is 11.7 Å². The van der Waals surface area contributed by atoms with Gasteiger partial charge in [0, 0.05) is 6.07 Å². The zero-order valence-corrected chi connectivity index (χ0v) is 17.6. The molecule has 1 aromatic heterocycles. The van der Waals surface area contributed by atoms with Crippen LogP contribution in [0.25, 0.3) is 16.6 Å². The van der Waals surface area contributed by atoms with Crippen molar-refractivity contribution >= 4 is 34.6 Å². The highest BCUT2D eigenvalue weighted by Gasteiger charge is 2.27. The van der Waals surface area contributed by atoms with E-state index in [4.69, 9.17) is 10.5 Å². The van der Waals surface area contributed by atoms with Crippen molar-refractivity contribution in [1.82, 2.24) is 14.9 Å². The Morgan fingerprint density at radius 3 is 2.57 bits per heavy atom. The van der Waals surface area contributed by atoms with Gasteiger partial charge in [-0.2, -0.15) is 0 Å². The standard InChI is InChI=1S/C21H22N4O4S/c1-12(2)17(18(26)24-20(22)28)30-21-23-16-10-5-4-9-15(16)19(27)25(21)13-7-6-8-14(11-13)29-3/h4-12,17H,1-3H3,(H3,22,24,26,28). The van der Waals surface area contributed by atoms with Gasteiger partial charge in [0.25, 0.3) is 5.56 Å². The molecule has 156 valence electrons. The highest BCUT2D eigenvalue weighted by molar-refractivity contribution is 8.00. The Balaban J connectivity index is 2.20. The monoisotopic (exact) mass is 426 g/mol. The van der Waals surface area contributed by atoms with Crippen LogP contribution in [0.3, 0.4) is 0 Å². The van der Waals surface area contributed by atoms with E-state index in [1.54, 1.807) is 55.6 Å². The zero-order valence-electron chi connectivity index (χ0n) is 16.8. The van der Waals surface area contributed by atoms with Crippen LogP contribution in [0, 0.1) is 5.92 Å². The third-order valence-electron chi connectivity index (χ3n) is 4.40. The van der Waals surface area contributed by atoms with Crippen LogP contribution < -0.4 is 21.3 Å². The molecule has 0 spiro atoms. The van der Waals surface area contributed by atoms with Gasteiger partial charge in [-0.25, -0.2) is 9.78 Å². The van der Waals surface area contributed by atoms with Gasteiger partial charge in [0.2, 0.25) is 5.91 Å². The van der Waals surface area contributed by atoms with Gasteiger partial charge in [0.05, 0.1) is 29.0 Å². The molecule has 0 aliphatic heterocycles. The summed E-state index contributed by atoms with van der Waals surface area (Å²) in [7, 11) is 1.54. The summed E-state index contributed by atoms with van der Waals surface area (Å²) < 4.78 is 6.73. The maximum absolute atomic E-state index is 13.3. The first-order valence-corrected chi connectivity index (χ1v) is 10.1. The van der Waals surface area contributed by atoms with Gasteiger partial charge in [0.15, 0.2) is 5.16 Å². The molecule has 0 bridgehead atoms. The summed E-state index contributed by atoms with van der Waals surface area (Å²) >= 11 is 1.10. The molecule has 9 heteroatoms. The molecule has 3 N–H and O–H groups in total. The number of carbonyl (C=O) groups is 2. The lowest BCUT2D eigenvalue weighted by Gasteiger charge is -2.21. The first-order chi connectivity index (χ1) is 14.3. The van der Waals surface area contributed by atoms with Gasteiger partial charge in [-0.05, 0) is 30.2 Å². The molecule has 1 unspecified atom stereocenters. The molecule has 3 rings (SSSR count). The van der Waals surface area contributed by atoms with Gasteiger partial charge in [0.1, 0.15) is 5.75 Å². The van der Waals surface area contributed by atoms with Gasteiger partial charge in [-0.15, -0.1) is 0 Å². The molecular formula is C21H22N4O4S. The molecule has 2 aromatic carbocycles. The average molecular weight is 426 g/mol. The minimum atomic E-state index is -0.928. The van der Waals surface area contributed by atoms with Crippen molar-refractivity contribution in [2.75, 3.05) is 7.11 Å². The van der Waals surface area contributed by atoms with Crippen molar-refractivity contribution < 1.29 is 14.3 Å². The summed E-state index contributed by atoms with van der Waals surface area (Å²) in [6, 6.07) is 13.1. The van der Waals surface area contributed by atoms with E-state index in [0.717, 1.165) is 11.8 Å². The number of nitrogens with two attached hydrogens (primary N) is 1.